The Morgan fingerprint density at radius 2 is 1.95 bits per heavy atom. The molecular weight excluding hydrogens is 305 g/mol. The van der Waals surface area contributed by atoms with E-state index in [1.54, 1.807) is 0 Å². The van der Waals surface area contributed by atoms with Crippen LogP contribution in [0.3, 0.4) is 0 Å². The van der Waals surface area contributed by atoms with Crippen LogP contribution in [0.4, 0.5) is 4.39 Å². The van der Waals surface area contributed by atoms with Crippen molar-refractivity contribution < 1.29 is 17.9 Å². The Bertz CT molecular complexity index is 585. The monoisotopic (exact) mass is 321 g/mol. The molecule has 0 aliphatic heterocycles. The molecule has 2 rings (SSSR count). The molecule has 1 aromatic rings. The van der Waals surface area contributed by atoms with E-state index in [9.17, 15) is 17.9 Å². The molecule has 0 saturated heterocycles. The van der Waals surface area contributed by atoms with Gasteiger partial charge in [-0.1, -0.05) is 36.9 Å². The van der Waals surface area contributed by atoms with Crippen LogP contribution in [0, 0.1) is 5.82 Å². The van der Waals surface area contributed by atoms with Gasteiger partial charge >= 0.3 is 0 Å². The van der Waals surface area contributed by atoms with Crippen molar-refractivity contribution in [1.29, 1.82) is 0 Å². The molecule has 1 fully saturated rings. The lowest BCUT2D eigenvalue weighted by molar-refractivity contribution is 0.142. The third-order valence-corrected chi connectivity index (χ3v) is 5.56. The summed E-state index contributed by atoms with van der Waals surface area (Å²) in [6.45, 7) is -0.297. The number of halogens is 2. The second-order valence-electron chi connectivity index (χ2n) is 5.16. The predicted octanol–water partition coefficient (Wildman–Crippen LogP) is 2.45. The minimum atomic E-state index is -4.05. The molecule has 0 heterocycles. The van der Waals surface area contributed by atoms with E-state index in [-0.39, 0.29) is 11.6 Å². The van der Waals surface area contributed by atoms with Crippen molar-refractivity contribution in [2.45, 2.75) is 42.5 Å². The Balaban J connectivity index is 2.33. The Labute approximate surface area is 123 Å². The first-order valence-electron chi connectivity index (χ1n) is 6.49. The van der Waals surface area contributed by atoms with Crippen LogP contribution in [0.25, 0.3) is 0 Å². The Morgan fingerprint density at radius 1 is 1.30 bits per heavy atom. The molecule has 4 nitrogen and oxygen atoms in total. The SMILES string of the molecule is O=S(=O)(NC1(CO)CCCCC1)c1cccc(Cl)c1F. The molecule has 0 radical (unpaired) electrons. The van der Waals surface area contributed by atoms with E-state index in [4.69, 9.17) is 11.6 Å². The van der Waals surface area contributed by atoms with Gasteiger partial charge < -0.3 is 5.11 Å². The molecule has 7 heteroatoms. The van der Waals surface area contributed by atoms with Gasteiger partial charge in [0.2, 0.25) is 10.0 Å². The maximum atomic E-state index is 13.9. The van der Waals surface area contributed by atoms with Crippen molar-refractivity contribution >= 4 is 21.6 Å². The second kappa shape index (κ2) is 5.97. The van der Waals surface area contributed by atoms with E-state index in [2.05, 4.69) is 4.72 Å². The molecule has 0 atom stereocenters. The summed E-state index contributed by atoms with van der Waals surface area (Å²) in [6, 6.07) is 3.84. The first kappa shape index (κ1) is 15.7. The lowest BCUT2D eigenvalue weighted by Gasteiger charge is -2.36. The van der Waals surface area contributed by atoms with Crippen molar-refractivity contribution in [1.82, 2.24) is 4.72 Å². The van der Waals surface area contributed by atoms with Gasteiger partial charge in [-0.25, -0.2) is 17.5 Å². The van der Waals surface area contributed by atoms with E-state index in [1.165, 1.54) is 12.1 Å². The average molecular weight is 322 g/mol. The van der Waals surface area contributed by atoms with Crippen LogP contribution in [-0.2, 0) is 10.0 Å². The summed E-state index contributed by atoms with van der Waals surface area (Å²) in [5.74, 6) is -0.967. The van der Waals surface area contributed by atoms with E-state index < -0.39 is 26.3 Å². The maximum Gasteiger partial charge on any atom is 0.244 e. The Kier molecular flexibility index (Phi) is 4.69. The molecule has 0 bridgehead atoms. The standard InChI is InChI=1S/C13H17ClFNO3S/c14-10-5-4-6-11(12(10)15)20(18,19)16-13(9-17)7-2-1-3-8-13/h4-6,16-17H,1-3,7-9H2. The smallest absolute Gasteiger partial charge is 0.244 e. The summed E-state index contributed by atoms with van der Waals surface area (Å²) in [5, 5.41) is 9.29. The van der Waals surface area contributed by atoms with Gasteiger partial charge in [0.15, 0.2) is 5.82 Å². The topological polar surface area (TPSA) is 66.4 Å². The number of hydrogen-bond acceptors (Lipinski definition) is 3. The highest BCUT2D eigenvalue weighted by Gasteiger charge is 2.37. The molecule has 1 saturated carbocycles. The normalized spacial score (nSPS) is 18.9. The highest BCUT2D eigenvalue weighted by atomic mass is 35.5. The number of nitrogens with one attached hydrogen (secondary N) is 1. The molecule has 112 valence electrons. The lowest BCUT2D eigenvalue weighted by Crippen LogP contribution is -2.52. The van der Waals surface area contributed by atoms with Crippen molar-refractivity contribution in [2.75, 3.05) is 6.61 Å². The summed E-state index contributed by atoms with van der Waals surface area (Å²) in [4.78, 5) is -0.483. The fourth-order valence-electron chi connectivity index (χ4n) is 2.55. The largest absolute Gasteiger partial charge is 0.394 e. The molecule has 1 aliphatic rings. The first-order chi connectivity index (χ1) is 9.40. The summed E-state index contributed by atoms with van der Waals surface area (Å²) < 4.78 is 41.0. The van der Waals surface area contributed by atoms with Gasteiger partial charge in [0.25, 0.3) is 0 Å². The van der Waals surface area contributed by atoms with Gasteiger partial charge in [-0.05, 0) is 25.0 Å². The van der Waals surface area contributed by atoms with Crippen LogP contribution < -0.4 is 4.72 Å². The number of rotatable bonds is 4. The number of aliphatic hydroxyl groups excluding tert-OH is 1. The van der Waals surface area contributed by atoms with Gasteiger partial charge in [0.1, 0.15) is 4.90 Å². The van der Waals surface area contributed by atoms with Crippen molar-refractivity contribution in [3.05, 3.63) is 29.0 Å². The highest BCUT2D eigenvalue weighted by molar-refractivity contribution is 7.89. The fourth-order valence-corrected chi connectivity index (χ4v) is 4.34. The van der Waals surface area contributed by atoms with E-state index in [1.807, 2.05) is 0 Å². The van der Waals surface area contributed by atoms with Crippen LogP contribution in [-0.4, -0.2) is 25.7 Å². The molecular formula is C13H17ClFNO3S. The summed E-state index contributed by atoms with van der Waals surface area (Å²) in [7, 11) is -4.05. The molecule has 20 heavy (non-hydrogen) atoms. The molecule has 0 aromatic heterocycles. The quantitative estimate of drug-likeness (QED) is 0.895. The van der Waals surface area contributed by atoms with Gasteiger partial charge in [-0.2, -0.15) is 0 Å². The molecule has 0 unspecified atom stereocenters. The molecule has 1 aliphatic carbocycles. The van der Waals surface area contributed by atoms with Gasteiger partial charge in [-0.15, -0.1) is 0 Å². The van der Waals surface area contributed by atoms with Gasteiger partial charge in [0, 0.05) is 0 Å². The van der Waals surface area contributed by atoms with Crippen LogP contribution in [0.2, 0.25) is 5.02 Å². The third-order valence-electron chi connectivity index (χ3n) is 3.67. The van der Waals surface area contributed by atoms with E-state index >= 15 is 0 Å². The molecule has 1 aromatic carbocycles. The van der Waals surface area contributed by atoms with Crippen LogP contribution in [0.1, 0.15) is 32.1 Å². The number of hydrogen-bond donors (Lipinski definition) is 2. The second-order valence-corrected chi connectivity index (χ2v) is 7.21. The molecule has 0 amide bonds. The van der Waals surface area contributed by atoms with Crippen molar-refractivity contribution in [2.24, 2.45) is 0 Å². The summed E-state index contributed by atoms with van der Waals surface area (Å²) in [6.07, 6.45) is 3.77. The minimum absolute atomic E-state index is 0.241. The number of benzene rings is 1. The summed E-state index contributed by atoms with van der Waals surface area (Å²) in [5.41, 5.74) is -0.897. The highest BCUT2D eigenvalue weighted by Crippen LogP contribution is 2.30. The average Bonchev–Trinajstić information content (AvgIpc) is 2.42. The minimum Gasteiger partial charge on any atom is -0.394 e. The molecule has 0 spiro atoms. The lowest BCUT2D eigenvalue weighted by atomic mass is 9.83. The molecule has 2 N–H and O–H groups in total. The van der Waals surface area contributed by atoms with Gasteiger partial charge in [0.05, 0.1) is 17.2 Å². The third kappa shape index (κ3) is 3.14. The van der Waals surface area contributed by atoms with Crippen LogP contribution in [0.15, 0.2) is 23.1 Å². The fraction of sp³-hybridized carbons (Fsp3) is 0.538. The van der Waals surface area contributed by atoms with Crippen molar-refractivity contribution in [3.63, 3.8) is 0 Å². The zero-order valence-corrected chi connectivity index (χ0v) is 12.5. The first-order valence-corrected chi connectivity index (χ1v) is 8.35. The maximum absolute atomic E-state index is 13.9. The number of sulfonamides is 1. The van der Waals surface area contributed by atoms with Gasteiger partial charge in [-0.3, -0.25) is 0 Å². The zero-order chi connectivity index (χ0) is 14.8. The van der Waals surface area contributed by atoms with Crippen LogP contribution >= 0.6 is 11.6 Å². The van der Waals surface area contributed by atoms with Crippen molar-refractivity contribution in [3.8, 4) is 0 Å². The van der Waals surface area contributed by atoms with Crippen LogP contribution in [0.5, 0.6) is 0 Å². The Morgan fingerprint density at radius 3 is 2.55 bits per heavy atom. The van der Waals surface area contributed by atoms with E-state index in [0.717, 1.165) is 25.3 Å². The zero-order valence-electron chi connectivity index (χ0n) is 10.9. The Hall–Kier alpha value is -0.690. The predicted molar refractivity (Wildman–Crippen MR) is 74.6 cm³/mol. The summed E-state index contributed by atoms with van der Waals surface area (Å²) >= 11 is 5.61. The number of aliphatic hydroxyl groups is 1. The van der Waals surface area contributed by atoms with E-state index in [0.29, 0.717) is 12.8 Å².